The van der Waals surface area contributed by atoms with Crippen LogP contribution in [0.4, 0.5) is 0 Å². The van der Waals surface area contributed by atoms with E-state index in [2.05, 4.69) is 10.2 Å². The van der Waals surface area contributed by atoms with Gasteiger partial charge in [-0.15, -0.1) is 0 Å². The minimum atomic E-state index is -0.925. The van der Waals surface area contributed by atoms with Crippen molar-refractivity contribution in [3.05, 3.63) is 0 Å². The first-order valence-electron chi connectivity index (χ1n) is 8.48. The van der Waals surface area contributed by atoms with Crippen LogP contribution in [0.5, 0.6) is 0 Å². The van der Waals surface area contributed by atoms with Gasteiger partial charge in [0.1, 0.15) is 6.29 Å². The molecule has 23 heavy (non-hydrogen) atoms. The minimum absolute atomic E-state index is 0.136. The molecule has 0 fully saturated rings. The second-order valence-electron chi connectivity index (χ2n) is 5.40. The molecule has 0 aromatic carbocycles. The Morgan fingerprint density at radius 3 is 2.48 bits per heavy atom. The number of rotatable bonds is 17. The topological polar surface area (TPSA) is 73.9 Å². The van der Waals surface area contributed by atoms with Crippen molar-refractivity contribution < 1.29 is 23.7 Å². The second kappa shape index (κ2) is 17.8. The molecule has 0 heterocycles. The van der Waals surface area contributed by atoms with Crippen molar-refractivity contribution in [1.29, 1.82) is 0 Å². The fourth-order valence-electron chi connectivity index (χ4n) is 2.08. The molecule has 0 aliphatic carbocycles. The monoisotopic (exact) mass is 349 g/mol. The predicted molar refractivity (Wildman–Crippen MR) is 92.1 cm³/mol. The number of nitrogens with one attached hydrogen (secondary N) is 1. The van der Waals surface area contributed by atoms with E-state index in [0.29, 0.717) is 19.4 Å². The van der Waals surface area contributed by atoms with Crippen molar-refractivity contribution in [1.82, 2.24) is 5.32 Å². The van der Waals surface area contributed by atoms with Gasteiger partial charge >= 0.3 is 0 Å². The van der Waals surface area contributed by atoms with E-state index in [9.17, 15) is 9.59 Å². The van der Waals surface area contributed by atoms with Gasteiger partial charge in [0, 0.05) is 26.1 Å². The molecule has 0 bridgehead atoms. The Hall–Kier alpha value is -0.550. The molecular formula is C16H32NO5P. The summed E-state index contributed by atoms with van der Waals surface area (Å²) in [4.78, 5) is 26.3. The SMILES string of the molecule is COOP(C)OCCCCCCNC(=O)CCCCCCC=O. The number of aldehydes is 1. The molecule has 1 unspecified atom stereocenters. The van der Waals surface area contributed by atoms with Crippen LogP contribution < -0.4 is 5.32 Å². The third-order valence-corrected chi connectivity index (χ3v) is 4.23. The van der Waals surface area contributed by atoms with Crippen molar-refractivity contribution >= 4 is 20.6 Å². The van der Waals surface area contributed by atoms with Gasteiger partial charge in [0.2, 0.25) is 14.3 Å². The number of carbonyl (C=O) groups is 2. The Morgan fingerprint density at radius 1 is 1.04 bits per heavy atom. The maximum absolute atomic E-state index is 11.6. The standard InChI is InChI=1S/C16H32NO5P/c1-20-22-23(2)21-15-11-7-5-9-13-17-16(19)12-8-4-3-6-10-14-18/h14H,3-13,15H2,1-2H3,(H,17,19). The Labute approximate surface area is 141 Å². The highest BCUT2D eigenvalue weighted by atomic mass is 31.2. The van der Waals surface area contributed by atoms with Crippen molar-refractivity contribution in [3.63, 3.8) is 0 Å². The molecule has 0 saturated heterocycles. The van der Waals surface area contributed by atoms with Gasteiger partial charge in [0.25, 0.3) is 0 Å². The molecule has 1 atom stereocenters. The van der Waals surface area contributed by atoms with Crippen molar-refractivity contribution in [2.24, 2.45) is 0 Å². The smallest absolute Gasteiger partial charge is 0.219 e. The predicted octanol–water partition coefficient (Wildman–Crippen LogP) is 3.74. The molecule has 0 aliphatic heterocycles. The second-order valence-corrected chi connectivity index (χ2v) is 6.68. The number of unbranched alkanes of at least 4 members (excludes halogenated alkanes) is 7. The van der Waals surface area contributed by atoms with E-state index in [0.717, 1.165) is 64.2 Å². The summed E-state index contributed by atoms with van der Waals surface area (Å²) in [5.41, 5.74) is 0. The Bertz CT molecular complexity index is 292. The number of amides is 1. The first-order valence-corrected chi connectivity index (χ1v) is 10.1. The first kappa shape index (κ1) is 22.4. The molecule has 0 spiro atoms. The van der Waals surface area contributed by atoms with Gasteiger partial charge < -0.3 is 14.6 Å². The summed E-state index contributed by atoms with van der Waals surface area (Å²) >= 11 is 0. The van der Waals surface area contributed by atoms with Gasteiger partial charge in [-0.1, -0.05) is 25.7 Å². The summed E-state index contributed by atoms with van der Waals surface area (Å²) in [7, 11) is 0.552. The third-order valence-electron chi connectivity index (χ3n) is 3.32. The highest BCUT2D eigenvalue weighted by Crippen LogP contribution is 2.33. The lowest BCUT2D eigenvalue weighted by Gasteiger charge is -2.09. The van der Waals surface area contributed by atoms with Crippen LogP contribution in [-0.2, 0) is 23.7 Å². The number of hydrogen-bond acceptors (Lipinski definition) is 5. The van der Waals surface area contributed by atoms with Crippen LogP contribution in [0.25, 0.3) is 0 Å². The minimum Gasteiger partial charge on any atom is -0.356 e. The lowest BCUT2D eigenvalue weighted by atomic mass is 10.1. The Morgan fingerprint density at radius 2 is 1.74 bits per heavy atom. The van der Waals surface area contributed by atoms with Gasteiger partial charge in [-0.05, 0) is 25.7 Å². The van der Waals surface area contributed by atoms with Gasteiger partial charge in [-0.2, -0.15) is 4.67 Å². The van der Waals surface area contributed by atoms with Crippen molar-refractivity contribution in [2.75, 3.05) is 26.9 Å². The van der Waals surface area contributed by atoms with E-state index in [1.807, 2.05) is 6.66 Å². The summed E-state index contributed by atoms with van der Waals surface area (Å²) in [5, 5.41) is 2.95. The zero-order valence-corrected chi connectivity index (χ0v) is 15.4. The van der Waals surface area contributed by atoms with Crippen LogP contribution in [-0.4, -0.2) is 39.1 Å². The summed E-state index contributed by atoms with van der Waals surface area (Å²) in [5.74, 6) is 0.136. The van der Waals surface area contributed by atoms with Crippen LogP contribution in [0, 0.1) is 0 Å². The molecule has 0 rings (SSSR count). The highest BCUT2D eigenvalue weighted by molar-refractivity contribution is 7.46. The molecule has 1 N–H and O–H groups in total. The molecule has 1 amide bonds. The fourth-order valence-corrected chi connectivity index (χ4v) is 2.72. The summed E-state index contributed by atoms with van der Waals surface area (Å²) < 4.78 is 10.3. The zero-order chi connectivity index (χ0) is 17.2. The summed E-state index contributed by atoms with van der Waals surface area (Å²) in [6.07, 6.45) is 10.2. The Kier molecular flexibility index (Phi) is 17.4. The molecule has 0 radical (unpaired) electrons. The first-order chi connectivity index (χ1) is 11.2. The van der Waals surface area contributed by atoms with Gasteiger partial charge in [0.05, 0.1) is 13.7 Å². The lowest BCUT2D eigenvalue weighted by molar-refractivity contribution is -0.178. The van der Waals surface area contributed by atoms with Crippen molar-refractivity contribution in [3.8, 4) is 0 Å². The van der Waals surface area contributed by atoms with Gasteiger partial charge in [-0.25, -0.2) is 4.89 Å². The van der Waals surface area contributed by atoms with Crippen LogP contribution in [0.1, 0.15) is 64.2 Å². The van der Waals surface area contributed by atoms with E-state index in [4.69, 9.17) is 9.20 Å². The van der Waals surface area contributed by atoms with Gasteiger partial charge in [0.15, 0.2) is 0 Å². The maximum atomic E-state index is 11.6. The Balaban J connectivity index is 3.21. The maximum Gasteiger partial charge on any atom is 0.219 e. The van der Waals surface area contributed by atoms with Crippen LogP contribution >= 0.6 is 8.38 Å². The van der Waals surface area contributed by atoms with E-state index in [1.54, 1.807) is 0 Å². The molecular weight excluding hydrogens is 317 g/mol. The molecule has 0 aromatic heterocycles. The third kappa shape index (κ3) is 17.6. The molecule has 0 aromatic rings. The molecule has 6 nitrogen and oxygen atoms in total. The van der Waals surface area contributed by atoms with E-state index in [1.165, 1.54) is 7.11 Å². The number of hydrogen-bond donors (Lipinski definition) is 1. The van der Waals surface area contributed by atoms with Crippen LogP contribution in [0.15, 0.2) is 0 Å². The average Bonchev–Trinajstić information content (AvgIpc) is 2.53. The summed E-state index contributed by atoms with van der Waals surface area (Å²) in [6, 6.07) is 0. The normalized spacial score (nSPS) is 12.1. The zero-order valence-electron chi connectivity index (χ0n) is 14.6. The number of carbonyl (C=O) groups excluding carboxylic acids is 2. The quantitative estimate of drug-likeness (QED) is 0.142. The van der Waals surface area contributed by atoms with E-state index in [-0.39, 0.29) is 5.91 Å². The highest BCUT2D eigenvalue weighted by Gasteiger charge is 2.03. The van der Waals surface area contributed by atoms with Crippen LogP contribution in [0.3, 0.4) is 0 Å². The largest absolute Gasteiger partial charge is 0.356 e. The summed E-state index contributed by atoms with van der Waals surface area (Å²) in [6.45, 7) is 3.29. The molecule has 136 valence electrons. The van der Waals surface area contributed by atoms with E-state index >= 15 is 0 Å². The van der Waals surface area contributed by atoms with Gasteiger partial charge in [-0.3, -0.25) is 4.79 Å². The average molecular weight is 349 g/mol. The lowest BCUT2D eigenvalue weighted by Crippen LogP contribution is -2.23. The van der Waals surface area contributed by atoms with Crippen molar-refractivity contribution in [2.45, 2.75) is 64.2 Å². The van der Waals surface area contributed by atoms with Crippen LogP contribution in [0.2, 0.25) is 0 Å². The fraction of sp³-hybridized carbons (Fsp3) is 0.875. The molecule has 0 saturated carbocycles. The molecule has 0 aliphatic rings. The van der Waals surface area contributed by atoms with E-state index < -0.39 is 8.38 Å². The molecule has 7 heteroatoms.